The van der Waals surface area contributed by atoms with Crippen molar-refractivity contribution in [2.24, 2.45) is 0 Å². The lowest BCUT2D eigenvalue weighted by molar-refractivity contribution is 0.158. The molecule has 0 aliphatic rings. The molecule has 0 aliphatic heterocycles. The van der Waals surface area contributed by atoms with E-state index in [9.17, 15) is 4.79 Å². The molecular weight excluding hydrogens is 402 g/mol. The molecule has 0 saturated heterocycles. The summed E-state index contributed by atoms with van der Waals surface area (Å²) in [7, 11) is 1.66. The number of fused-ring (bicyclic) bond motifs is 3. The van der Waals surface area contributed by atoms with Gasteiger partial charge in [0.05, 0.1) is 23.8 Å². The zero-order chi connectivity index (χ0) is 22.5. The summed E-state index contributed by atoms with van der Waals surface area (Å²) in [5.41, 5.74) is 5.34. The Hall–Kier alpha value is -3.80. The number of rotatable bonds is 7. The number of alkyl carbamates (subject to hydrolysis) is 1. The number of carbonyl (C=O) groups excluding carboxylic acids is 1. The van der Waals surface area contributed by atoms with Crippen molar-refractivity contribution in [3.05, 3.63) is 77.6 Å². The van der Waals surface area contributed by atoms with Crippen molar-refractivity contribution >= 4 is 34.0 Å². The standard InChI is InChI=1S/C26H27N3O3/c1-18-6-8-20(9-7-18)5-4-16-32-26(30)28-14-15-29-24-17-21(31-3)10-11-22(24)23-12-13-27-19(2)25(23)29/h4-13,17H,14-16H2,1-3H3,(H,28,30)/b5-4+. The Kier molecular flexibility index (Phi) is 6.40. The number of ether oxygens (including phenoxy) is 2. The number of nitrogens with zero attached hydrogens (tertiary/aromatic N) is 2. The van der Waals surface area contributed by atoms with Crippen LogP contribution >= 0.6 is 0 Å². The lowest BCUT2D eigenvalue weighted by Gasteiger charge is -2.10. The van der Waals surface area contributed by atoms with Gasteiger partial charge >= 0.3 is 6.09 Å². The molecule has 0 fully saturated rings. The van der Waals surface area contributed by atoms with Gasteiger partial charge in [0.2, 0.25) is 0 Å². The zero-order valence-corrected chi connectivity index (χ0v) is 18.6. The molecule has 6 nitrogen and oxygen atoms in total. The molecule has 164 valence electrons. The number of nitrogens with one attached hydrogen (secondary N) is 1. The molecule has 1 amide bonds. The molecule has 2 aromatic heterocycles. The van der Waals surface area contributed by atoms with E-state index in [0.29, 0.717) is 13.1 Å². The van der Waals surface area contributed by atoms with Gasteiger partial charge in [0.1, 0.15) is 12.4 Å². The predicted molar refractivity (Wildman–Crippen MR) is 128 cm³/mol. The van der Waals surface area contributed by atoms with Gasteiger partial charge in [0, 0.05) is 36.1 Å². The van der Waals surface area contributed by atoms with Crippen LogP contribution in [0.2, 0.25) is 0 Å². The van der Waals surface area contributed by atoms with E-state index in [4.69, 9.17) is 9.47 Å². The number of aromatic nitrogens is 2. The average Bonchev–Trinajstić information content (AvgIpc) is 3.12. The van der Waals surface area contributed by atoms with E-state index >= 15 is 0 Å². The van der Waals surface area contributed by atoms with Gasteiger partial charge in [-0.3, -0.25) is 4.98 Å². The molecule has 2 heterocycles. The van der Waals surface area contributed by atoms with Gasteiger partial charge in [-0.15, -0.1) is 0 Å². The maximum Gasteiger partial charge on any atom is 0.407 e. The Balaban J connectivity index is 1.40. The monoisotopic (exact) mass is 429 g/mol. The maximum atomic E-state index is 12.1. The van der Waals surface area contributed by atoms with Crippen molar-refractivity contribution in [2.45, 2.75) is 20.4 Å². The van der Waals surface area contributed by atoms with E-state index in [2.05, 4.69) is 40.0 Å². The van der Waals surface area contributed by atoms with Crippen LogP contribution in [-0.4, -0.2) is 35.9 Å². The fourth-order valence-electron chi connectivity index (χ4n) is 3.87. The fraction of sp³-hybridized carbons (Fsp3) is 0.231. The minimum atomic E-state index is -0.438. The van der Waals surface area contributed by atoms with Gasteiger partial charge in [0.15, 0.2) is 0 Å². The third kappa shape index (κ3) is 4.59. The summed E-state index contributed by atoms with van der Waals surface area (Å²) in [5, 5.41) is 5.11. The second kappa shape index (κ2) is 9.56. The third-order valence-corrected chi connectivity index (χ3v) is 5.47. The molecule has 0 radical (unpaired) electrons. The highest BCUT2D eigenvalue weighted by Gasteiger charge is 2.14. The molecule has 6 heteroatoms. The molecule has 32 heavy (non-hydrogen) atoms. The van der Waals surface area contributed by atoms with Crippen LogP contribution < -0.4 is 10.1 Å². The molecule has 1 N–H and O–H groups in total. The van der Waals surface area contributed by atoms with E-state index < -0.39 is 6.09 Å². The van der Waals surface area contributed by atoms with E-state index in [1.807, 2.05) is 55.6 Å². The molecule has 4 aromatic rings. The van der Waals surface area contributed by atoms with E-state index in [-0.39, 0.29) is 6.61 Å². The second-order valence-corrected chi connectivity index (χ2v) is 7.67. The summed E-state index contributed by atoms with van der Waals surface area (Å²) in [6, 6.07) is 16.2. The van der Waals surface area contributed by atoms with E-state index in [0.717, 1.165) is 38.8 Å². The number of benzene rings is 2. The normalized spacial score (nSPS) is 11.3. The fourth-order valence-corrected chi connectivity index (χ4v) is 3.87. The Morgan fingerprint density at radius 1 is 1.09 bits per heavy atom. The average molecular weight is 430 g/mol. The van der Waals surface area contributed by atoms with Crippen molar-refractivity contribution < 1.29 is 14.3 Å². The molecule has 0 spiro atoms. The first-order chi connectivity index (χ1) is 15.6. The van der Waals surface area contributed by atoms with Crippen LogP contribution in [0, 0.1) is 13.8 Å². The highest BCUT2D eigenvalue weighted by atomic mass is 16.5. The minimum absolute atomic E-state index is 0.218. The minimum Gasteiger partial charge on any atom is -0.497 e. The maximum absolute atomic E-state index is 12.1. The van der Waals surface area contributed by atoms with E-state index in [1.165, 1.54) is 5.56 Å². The van der Waals surface area contributed by atoms with E-state index in [1.54, 1.807) is 7.11 Å². The SMILES string of the molecule is COc1ccc2c3ccnc(C)c3n(CCNC(=O)OC/C=C/c3ccc(C)cc3)c2c1. The number of hydrogen-bond donors (Lipinski definition) is 1. The molecule has 0 bridgehead atoms. The Bertz CT molecular complexity index is 1270. The van der Waals surface area contributed by atoms with Crippen LogP contribution in [0.25, 0.3) is 27.9 Å². The third-order valence-electron chi connectivity index (χ3n) is 5.47. The Morgan fingerprint density at radius 3 is 2.69 bits per heavy atom. The smallest absolute Gasteiger partial charge is 0.407 e. The summed E-state index contributed by atoms with van der Waals surface area (Å²) in [6.45, 7) is 5.29. The zero-order valence-electron chi connectivity index (χ0n) is 18.6. The van der Waals surface area contributed by atoms with Crippen LogP contribution in [0.5, 0.6) is 5.75 Å². The number of hydrogen-bond acceptors (Lipinski definition) is 4. The first kappa shape index (κ1) is 21.4. The van der Waals surface area contributed by atoms with Crippen LogP contribution in [0.4, 0.5) is 4.79 Å². The number of carbonyl (C=O) groups is 1. The second-order valence-electron chi connectivity index (χ2n) is 7.67. The predicted octanol–water partition coefficient (Wildman–Crippen LogP) is 5.25. The van der Waals surface area contributed by atoms with Crippen molar-refractivity contribution in [3.63, 3.8) is 0 Å². The summed E-state index contributed by atoms with van der Waals surface area (Å²) in [6.07, 6.45) is 5.16. The number of pyridine rings is 1. The van der Waals surface area contributed by atoms with Gasteiger partial charge in [-0.05, 0) is 43.7 Å². The molecule has 0 saturated carbocycles. The molecule has 0 aliphatic carbocycles. The van der Waals surface area contributed by atoms with Crippen LogP contribution in [0.15, 0.2) is 60.8 Å². The van der Waals surface area contributed by atoms with Crippen molar-refractivity contribution in [1.82, 2.24) is 14.9 Å². The Labute approximate surface area is 187 Å². The van der Waals surface area contributed by atoms with Crippen molar-refractivity contribution in [1.29, 1.82) is 0 Å². The number of methoxy groups -OCH3 is 1. The number of amides is 1. The highest BCUT2D eigenvalue weighted by molar-refractivity contribution is 6.09. The highest BCUT2D eigenvalue weighted by Crippen LogP contribution is 2.32. The van der Waals surface area contributed by atoms with Crippen LogP contribution in [-0.2, 0) is 11.3 Å². The summed E-state index contributed by atoms with van der Waals surface area (Å²) >= 11 is 0. The van der Waals surface area contributed by atoms with Crippen molar-refractivity contribution in [3.8, 4) is 5.75 Å². The molecular formula is C26H27N3O3. The molecule has 2 aromatic carbocycles. The lowest BCUT2D eigenvalue weighted by atomic mass is 10.1. The molecule has 4 rings (SSSR count). The number of aryl methyl sites for hydroxylation is 2. The lowest BCUT2D eigenvalue weighted by Crippen LogP contribution is -2.28. The van der Waals surface area contributed by atoms with Crippen LogP contribution in [0.1, 0.15) is 16.8 Å². The van der Waals surface area contributed by atoms with Gasteiger partial charge in [0.25, 0.3) is 0 Å². The first-order valence-corrected chi connectivity index (χ1v) is 10.6. The first-order valence-electron chi connectivity index (χ1n) is 10.6. The van der Waals surface area contributed by atoms with Gasteiger partial charge in [-0.25, -0.2) is 4.79 Å². The summed E-state index contributed by atoms with van der Waals surface area (Å²) in [4.78, 5) is 16.6. The largest absolute Gasteiger partial charge is 0.497 e. The van der Waals surface area contributed by atoms with Gasteiger partial charge in [-0.2, -0.15) is 0 Å². The summed E-state index contributed by atoms with van der Waals surface area (Å²) in [5.74, 6) is 0.792. The van der Waals surface area contributed by atoms with Crippen LogP contribution in [0.3, 0.4) is 0 Å². The molecule has 0 unspecified atom stereocenters. The van der Waals surface area contributed by atoms with Gasteiger partial charge in [-0.1, -0.05) is 35.9 Å². The topological polar surface area (TPSA) is 65.4 Å². The Morgan fingerprint density at radius 2 is 1.91 bits per heavy atom. The molecule has 0 atom stereocenters. The van der Waals surface area contributed by atoms with Crippen molar-refractivity contribution in [2.75, 3.05) is 20.3 Å². The quantitative estimate of drug-likeness (QED) is 0.436. The summed E-state index contributed by atoms with van der Waals surface area (Å²) < 4.78 is 12.9. The van der Waals surface area contributed by atoms with Gasteiger partial charge < -0.3 is 19.4 Å².